The van der Waals surface area contributed by atoms with Crippen LogP contribution in [0.25, 0.3) is 11.1 Å². The van der Waals surface area contributed by atoms with Crippen molar-refractivity contribution < 1.29 is 9.90 Å². The standard InChI is InChI=1S/C14H10O2S/c15-14(16)13(17)12-8-6-11(7-9-12)10-4-2-1-3-5-10/h1-9H,(H,15,16). The van der Waals surface area contributed by atoms with Crippen molar-refractivity contribution in [3.8, 4) is 11.1 Å². The maximum absolute atomic E-state index is 10.7. The van der Waals surface area contributed by atoms with Gasteiger partial charge in [-0.25, -0.2) is 4.79 Å². The molecule has 2 aromatic carbocycles. The highest BCUT2D eigenvalue weighted by Gasteiger charge is 2.09. The predicted octanol–water partition coefficient (Wildman–Crippen LogP) is 3.16. The minimum absolute atomic E-state index is 0.0513. The van der Waals surface area contributed by atoms with Crippen molar-refractivity contribution in [1.29, 1.82) is 0 Å². The van der Waals surface area contributed by atoms with Gasteiger partial charge in [0.05, 0.1) is 0 Å². The first-order valence-corrected chi connectivity index (χ1v) is 5.52. The van der Waals surface area contributed by atoms with E-state index in [4.69, 9.17) is 17.3 Å². The molecule has 0 saturated heterocycles. The summed E-state index contributed by atoms with van der Waals surface area (Å²) in [5.74, 6) is -1.06. The van der Waals surface area contributed by atoms with E-state index in [1.165, 1.54) is 0 Å². The van der Waals surface area contributed by atoms with Crippen molar-refractivity contribution in [2.24, 2.45) is 0 Å². The Morgan fingerprint density at radius 1 is 0.882 bits per heavy atom. The highest BCUT2D eigenvalue weighted by atomic mass is 32.1. The molecule has 3 heteroatoms. The van der Waals surface area contributed by atoms with Gasteiger partial charge in [0.2, 0.25) is 0 Å². The van der Waals surface area contributed by atoms with Gasteiger partial charge in [-0.05, 0) is 16.7 Å². The fraction of sp³-hybridized carbons (Fsp3) is 0. The molecule has 0 atom stereocenters. The normalized spacial score (nSPS) is 9.88. The van der Waals surface area contributed by atoms with Crippen molar-refractivity contribution in [2.75, 3.05) is 0 Å². The zero-order chi connectivity index (χ0) is 12.3. The molecule has 0 bridgehead atoms. The summed E-state index contributed by atoms with van der Waals surface area (Å²) in [6, 6.07) is 17.1. The van der Waals surface area contributed by atoms with Gasteiger partial charge >= 0.3 is 5.97 Å². The minimum Gasteiger partial charge on any atom is -0.477 e. The Morgan fingerprint density at radius 2 is 1.41 bits per heavy atom. The number of benzene rings is 2. The van der Waals surface area contributed by atoms with Crippen LogP contribution < -0.4 is 0 Å². The molecule has 0 heterocycles. The van der Waals surface area contributed by atoms with Crippen molar-refractivity contribution in [3.63, 3.8) is 0 Å². The first-order chi connectivity index (χ1) is 8.18. The van der Waals surface area contributed by atoms with Gasteiger partial charge < -0.3 is 5.11 Å². The van der Waals surface area contributed by atoms with E-state index >= 15 is 0 Å². The molecule has 0 fully saturated rings. The molecule has 17 heavy (non-hydrogen) atoms. The molecule has 0 amide bonds. The lowest BCUT2D eigenvalue weighted by Crippen LogP contribution is -2.10. The predicted molar refractivity (Wildman–Crippen MR) is 71.2 cm³/mol. The summed E-state index contributed by atoms with van der Waals surface area (Å²) in [6.45, 7) is 0. The van der Waals surface area contributed by atoms with Crippen LogP contribution in [0.1, 0.15) is 5.56 Å². The molecule has 0 aromatic heterocycles. The van der Waals surface area contributed by atoms with E-state index in [9.17, 15) is 4.79 Å². The molecule has 0 aliphatic heterocycles. The van der Waals surface area contributed by atoms with Crippen molar-refractivity contribution in [3.05, 3.63) is 60.2 Å². The fourth-order valence-corrected chi connectivity index (χ4v) is 1.70. The monoisotopic (exact) mass is 242 g/mol. The van der Waals surface area contributed by atoms with Gasteiger partial charge in [-0.2, -0.15) is 0 Å². The van der Waals surface area contributed by atoms with E-state index in [2.05, 4.69) is 0 Å². The summed E-state index contributed by atoms with van der Waals surface area (Å²) in [7, 11) is 0. The van der Waals surface area contributed by atoms with Crippen molar-refractivity contribution in [2.45, 2.75) is 0 Å². The third kappa shape index (κ3) is 2.57. The average molecular weight is 242 g/mol. The van der Waals surface area contributed by atoms with Crippen LogP contribution in [-0.2, 0) is 4.79 Å². The van der Waals surface area contributed by atoms with E-state index in [0.29, 0.717) is 5.56 Å². The molecule has 0 aliphatic carbocycles. The summed E-state index contributed by atoms with van der Waals surface area (Å²) in [6.07, 6.45) is 0. The lowest BCUT2D eigenvalue weighted by molar-refractivity contribution is -0.129. The first kappa shape index (κ1) is 11.5. The smallest absolute Gasteiger partial charge is 0.347 e. The number of rotatable bonds is 3. The Morgan fingerprint density at radius 3 is 1.94 bits per heavy atom. The Balaban J connectivity index is 2.31. The van der Waals surface area contributed by atoms with Gasteiger partial charge in [0.25, 0.3) is 0 Å². The lowest BCUT2D eigenvalue weighted by atomic mass is 10.0. The van der Waals surface area contributed by atoms with Gasteiger partial charge in [-0.15, -0.1) is 0 Å². The van der Waals surface area contributed by atoms with Crippen molar-refractivity contribution >= 4 is 23.1 Å². The molecule has 1 N–H and O–H groups in total. The number of hydrogen-bond acceptors (Lipinski definition) is 2. The van der Waals surface area contributed by atoms with Gasteiger partial charge in [0.15, 0.2) is 0 Å². The molecule has 0 aliphatic rings. The number of carboxylic acids is 1. The lowest BCUT2D eigenvalue weighted by Gasteiger charge is -2.03. The second kappa shape index (κ2) is 4.89. The summed E-state index contributed by atoms with van der Waals surface area (Å²) in [5.41, 5.74) is 2.70. The third-order valence-corrected chi connectivity index (χ3v) is 2.86. The summed E-state index contributed by atoms with van der Waals surface area (Å²) >= 11 is 4.80. The number of carbonyl (C=O) groups is 1. The topological polar surface area (TPSA) is 37.3 Å². The highest BCUT2D eigenvalue weighted by Crippen LogP contribution is 2.19. The molecule has 2 aromatic rings. The van der Waals surface area contributed by atoms with Crippen LogP contribution >= 0.6 is 12.2 Å². The first-order valence-electron chi connectivity index (χ1n) is 5.11. The zero-order valence-corrected chi connectivity index (χ0v) is 9.78. The van der Waals surface area contributed by atoms with Crippen LogP contribution in [0, 0.1) is 0 Å². The molecular formula is C14H10O2S. The van der Waals surface area contributed by atoms with Gasteiger partial charge in [-0.3, -0.25) is 0 Å². The number of carboxylic acid groups (broad SMARTS) is 1. The Hall–Kier alpha value is -2.00. The second-order valence-electron chi connectivity index (χ2n) is 3.58. The van der Waals surface area contributed by atoms with E-state index in [0.717, 1.165) is 11.1 Å². The van der Waals surface area contributed by atoms with E-state index in [1.54, 1.807) is 12.1 Å². The zero-order valence-electron chi connectivity index (χ0n) is 8.96. The van der Waals surface area contributed by atoms with E-state index in [-0.39, 0.29) is 4.86 Å². The van der Waals surface area contributed by atoms with Gasteiger partial charge in [0.1, 0.15) is 4.86 Å². The van der Waals surface area contributed by atoms with Crippen molar-refractivity contribution in [1.82, 2.24) is 0 Å². The molecule has 0 spiro atoms. The minimum atomic E-state index is -1.06. The summed E-state index contributed by atoms with van der Waals surface area (Å²) in [4.78, 5) is 10.7. The van der Waals surface area contributed by atoms with E-state index < -0.39 is 5.97 Å². The SMILES string of the molecule is O=C(O)C(=S)c1ccc(-c2ccccc2)cc1. The Kier molecular flexibility index (Phi) is 3.30. The van der Waals surface area contributed by atoms with Crippen LogP contribution in [0.2, 0.25) is 0 Å². The van der Waals surface area contributed by atoms with Crippen LogP contribution in [-0.4, -0.2) is 15.9 Å². The number of hydrogen-bond donors (Lipinski definition) is 1. The van der Waals surface area contributed by atoms with Crippen LogP contribution in [0.3, 0.4) is 0 Å². The largest absolute Gasteiger partial charge is 0.477 e. The molecule has 0 unspecified atom stereocenters. The van der Waals surface area contributed by atoms with Gasteiger partial charge in [0, 0.05) is 0 Å². The van der Waals surface area contributed by atoms with Crippen LogP contribution in [0.4, 0.5) is 0 Å². The summed E-state index contributed by atoms with van der Waals surface area (Å²) < 4.78 is 0. The maximum Gasteiger partial charge on any atom is 0.347 e. The van der Waals surface area contributed by atoms with Crippen LogP contribution in [0.15, 0.2) is 54.6 Å². The number of thiocarbonyl (C=S) groups is 1. The molecule has 2 rings (SSSR count). The highest BCUT2D eigenvalue weighted by molar-refractivity contribution is 7.82. The molecule has 0 radical (unpaired) electrons. The molecular weight excluding hydrogens is 232 g/mol. The molecule has 84 valence electrons. The third-order valence-electron chi connectivity index (χ3n) is 2.45. The average Bonchev–Trinajstić information content (AvgIpc) is 2.39. The maximum atomic E-state index is 10.7. The van der Waals surface area contributed by atoms with Crippen LogP contribution in [0.5, 0.6) is 0 Å². The fourth-order valence-electron chi connectivity index (χ4n) is 1.57. The molecule has 2 nitrogen and oxygen atoms in total. The van der Waals surface area contributed by atoms with E-state index in [1.807, 2.05) is 42.5 Å². The Labute approximate surface area is 105 Å². The molecule has 0 saturated carbocycles. The number of aliphatic carboxylic acids is 1. The quantitative estimate of drug-likeness (QED) is 0.663. The Bertz CT molecular complexity index is 544. The summed E-state index contributed by atoms with van der Waals surface area (Å²) in [5, 5.41) is 8.78. The second-order valence-corrected chi connectivity index (χ2v) is 3.99. The van der Waals surface area contributed by atoms with Gasteiger partial charge in [-0.1, -0.05) is 66.8 Å².